The van der Waals surface area contributed by atoms with Crippen LogP contribution in [0.2, 0.25) is 0 Å². The van der Waals surface area contributed by atoms with Crippen LogP contribution in [-0.2, 0) is 0 Å². The quantitative estimate of drug-likeness (QED) is 0.690. The molecule has 0 fully saturated rings. The Kier molecular flexibility index (Phi) is 3.46. The predicted molar refractivity (Wildman–Crippen MR) is 87.8 cm³/mol. The fourth-order valence-electron chi connectivity index (χ4n) is 2.57. The lowest BCUT2D eigenvalue weighted by atomic mass is 9.99. The second-order valence-electron chi connectivity index (χ2n) is 5.27. The number of Topliss-reactive ketones (excluding diaryl/α,β-unsaturated/α-hetero) is 1. The second kappa shape index (κ2) is 5.62. The first kappa shape index (κ1) is 14.1. The molecule has 1 aromatic heterocycles. The molecule has 1 aliphatic rings. The Hall–Kier alpha value is -2.47. The Morgan fingerprint density at radius 3 is 2.83 bits per heavy atom. The number of ether oxygens (including phenoxy) is 1. The number of nitrogens with zero attached hydrogens (tertiary/aromatic N) is 3. The number of hydrogen-bond acceptors (Lipinski definition) is 4. The van der Waals surface area contributed by atoms with Crippen molar-refractivity contribution >= 4 is 21.7 Å². The van der Waals surface area contributed by atoms with Gasteiger partial charge in [0, 0.05) is 4.47 Å². The number of carbonyl (C=O) groups is 1. The number of benzene rings is 2. The van der Waals surface area contributed by atoms with Gasteiger partial charge in [0.1, 0.15) is 11.4 Å². The molecule has 6 heteroatoms. The summed E-state index contributed by atoms with van der Waals surface area (Å²) in [6.07, 6.45) is 1.50. The van der Waals surface area contributed by atoms with Crippen LogP contribution in [0, 0.1) is 0 Å². The smallest absolute Gasteiger partial charge is 0.170 e. The number of para-hydroxylation sites is 1. The molecule has 2 heterocycles. The summed E-state index contributed by atoms with van der Waals surface area (Å²) in [7, 11) is 0. The Bertz CT molecular complexity index is 877. The molecule has 0 bridgehead atoms. The average molecular weight is 370 g/mol. The molecule has 0 amide bonds. The second-order valence-corrected chi connectivity index (χ2v) is 6.18. The molecular formula is C17H12BrN3O2. The number of ketones is 1. The molecule has 0 N–H and O–H groups in total. The number of rotatable bonds is 2. The summed E-state index contributed by atoms with van der Waals surface area (Å²) < 4.78 is 6.80. The molecule has 0 aliphatic carbocycles. The Labute approximate surface area is 141 Å². The molecule has 4 rings (SSSR count). The number of carbonyl (C=O) groups excluding carboxylic acids is 1. The van der Waals surface area contributed by atoms with Gasteiger partial charge in [0.25, 0.3) is 0 Å². The van der Waals surface area contributed by atoms with Gasteiger partial charge in [-0.3, -0.25) is 4.79 Å². The minimum atomic E-state index is -0.409. The van der Waals surface area contributed by atoms with Crippen LogP contribution in [0.4, 0.5) is 0 Å². The van der Waals surface area contributed by atoms with Gasteiger partial charge in [-0.2, -0.15) is 9.90 Å². The highest BCUT2D eigenvalue weighted by molar-refractivity contribution is 9.10. The van der Waals surface area contributed by atoms with E-state index in [9.17, 15) is 4.79 Å². The summed E-state index contributed by atoms with van der Waals surface area (Å²) >= 11 is 3.37. The van der Waals surface area contributed by atoms with E-state index in [1.165, 1.54) is 0 Å². The Balaban J connectivity index is 1.64. The monoisotopic (exact) mass is 369 g/mol. The summed E-state index contributed by atoms with van der Waals surface area (Å²) in [5.74, 6) is 0.635. The maximum absolute atomic E-state index is 12.3. The molecule has 5 nitrogen and oxygen atoms in total. The molecule has 1 aliphatic heterocycles. The van der Waals surface area contributed by atoms with Crippen molar-refractivity contribution in [3.63, 3.8) is 0 Å². The van der Waals surface area contributed by atoms with Gasteiger partial charge in [-0.15, -0.1) is 5.10 Å². The normalized spacial score (nSPS) is 16.7. The molecule has 0 radical (unpaired) electrons. The number of fused-ring (bicyclic) bond motifs is 1. The molecule has 2 aromatic carbocycles. The van der Waals surface area contributed by atoms with E-state index < -0.39 is 6.10 Å². The largest absolute Gasteiger partial charge is 0.483 e. The lowest BCUT2D eigenvalue weighted by Crippen LogP contribution is -2.20. The van der Waals surface area contributed by atoms with Gasteiger partial charge < -0.3 is 4.74 Å². The van der Waals surface area contributed by atoms with Crippen molar-refractivity contribution in [3.8, 4) is 11.4 Å². The lowest BCUT2D eigenvalue weighted by molar-refractivity contribution is 0.0844. The molecule has 1 atom stereocenters. The van der Waals surface area contributed by atoms with Crippen LogP contribution in [0.15, 0.2) is 59.2 Å². The zero-order chi connectivity index (χ0) is 15.8. The molecule has 0 saturated heterocycles. The van der Waals surface area contributed by atoms with Crippen molar-refractivity contribution in [2.45, 2.75) is 12.5 Å². The summed E-state index contributed by atoms with van der Waals surface area (Å²) in [4.78, 5) is 13.9. The van der Waals surface area contributed by atoms with Crippen LogP contribution < -0.4 is 4.74 Å². The van der Waals surface area contributed by atoms with Gasteiger partial charge >= 0.3 is 0 Å². The Morgan fingerprint density at radius 2 is 2.00 bits per heavy atom. The highest BCUT2D eigenvalue weighted by Gasteiger charge is 2.29. The lowest BCUT2D eigenvalue weighted by Gasteiger charge is -2.23. The van der Waals surface area contributed by atoms with Crippen molar-refractivity contribution in [1.29, 1.82) is 0 Å². The topological polar surface area (TPSA) is 57.0 Å². The molecule has 0 saturated carbocycles. The van der Waals surface area contributed by atoms with E-state index >= 15 is 0 Å². The van der Waals surface area contributed by atoms with E-state index in [2.05, 4.69) is 26.1 Å². The van der Waals surface area contributed by atoms with E-state index in [4.69, 9.17) is 4.74 Å². The highest BCUT2D eigenvalue weighted by Crippen LogP contribution is 2.35. The van der Waals surface area contributed by atoms with Crippen LogP contribution in [0.1, 0.15) is 28.6 Å². The van der Waals surface area contributed by atoms with Crippen molar-refractivity contribution in [2.75, 3.05) is 0 Å². The van der Waals surface area contributed by atoms with Crippen molar-refractivity contribution in [3.05, 3.63) is 70.5 Å². The zero-order valence-electron chi connectivity index (χ0n) is 12.0. The van der Waals surface area contributed by atoms with Gasteiger partial charge in [-0.05, 0) is 30.3 Å². The molecule has 3 aromatic rings. The number of aromatic nitrogens is 3. The van der Waals surface area contributed by atoms with Gasteiger partial charge in [-0.1, -0.05) is 34.1 Å². The van der Waals surface area contributed by atoms with E-state index in [0.29, 0.717) is 17.0 Å². The summed E-state index contributed by atoms with van der Waals surface area (Å²) in [6, 6.07) is 15.1. The Morgan fingerprint density at radius 1 is 1.17 bits per heavy atom. The molecule has 23 heavy (non-hydrogen) atoms. The van der Waals surface area contributed by atoms with E-state index in [-0.39, 0.29) is 12.2 Å². The van der Waals surface area contributed by atoms with Crippen molar-refractivity contribution in [2.24, 2.45) is 0 Å². The van der Waals surface area contributed by atoms with Gasteiger partial charge in [0.05, 0.1) is 23.9 Å². The fraction of sp³-hybridized carbons (Fsp3) is 0.118. The third-order valence-electron chi connectivity index (χ3n) is 3.71. The van der Waals surface area contributed by atoms with Crippen molar-refractivity contribution < 1.29 is 9.53 Å². The van der Waals surface area contributed by atoms with Crippen LogP contribution in [0.3, 0.4) is 0 Å². The van der Waals surface area contributed by atoms with E-state index in [1.807, 2.05) is 36.4 Å². The number of halogens is 1. The van der Waals surface area contributed by atoms with E-state index in [0.717, 1.165) is 10.2 Å². The van der Waals surface area contributed by atoms with Gasteiger partial charge in [0.2, 0.25) is 0 Å². The summed E-state index contributed by atoms with van der Waals surface area (Å²) in [6.45, 7) is 0. The van der Waals surface area contributed by atoms with Crippen LogP contribution in [0.5, 0.6) is 5.75 Å². The number of hydrogen-bond donors (Lipinski definition) is 0. The van der Waals surface area contributed by atoms with Crippen molar-refractivity contribution in [1.82, 2.24) is 15.0 Å². The SMILES string of the molecule is O=C1C[C@@H](c2cnn(-c3ccccc3)n2)Oc2ccc(Br)cc21. The average Bonchev–Trinajstić information content (AvgIpc) is 3.06. The van der Waals surface area contributed by atoms with Crippen LogP contribution >= 0.6 is 15.9 Å². The van der Waals surface area contributed by atoms with E-state index in [1.54, 1.807) is 23.1 Å². The maximum Gasteiger partial charge on any atom is 0.170 e. The molecular weight excluding hydrogens is 358 g/mol. The summed E-state index contributed by atoms with van der Waals surface area (Å²) in [5.41, 5.74) is 2.12. The first-order chi connectivity index (χ1) is 11.2. The van der Waals surface area contributed by atoms with Crippen LogP contribution in [0.25, 0.3) is 5.69 Å². The first-order valence-electron chi connectivity index (χ1n) is 7.18. The maximum atomic E-state index is 12.3. The molecule has 0 unspecified atom stereocenters. The summed E-state index contributed by atoms with van der Waals surface area (Å²) in [5, 5.41) is 8.71. The minimum absolute atomic E-state index is 0.0480. The highest BCUT2D eigenvalue weighted by atomic mass is 79.9. The third kappa shape index (κ3) is 2.66. The van der Waals surface area contributed by atoms with Crippen LogP contribution in [-0.4, -0.2) is 20.8 Å². The minimum Gasteiger partial charge on any atom is -0.483 e. The standard InChI is InChI=1S/C17H12BrN3O2/c18-11-6-7-16-13(8-11)15(22)9-17(23-16)14-10-19-21(20-14)12-4-2-1-3-5-12/h1-8,10,17H,9H2/t17-/m0/s1. The first-order valence-corrected chi connectivity index (χ1v) is 7.97. The van der Waals surface area contributed by atoms with Gasteiger partial charge in [-0.25, -0.2) is 0 Å². The van der Waals surface area contributed by atoms with Gasteiger partial charge in [0.15, 0.2) is 11.9 Å². The molecule has 0 spiro atoms. The molecule has 114 valence electrons. The zero-order valence-corrected chi connectivity index (χ0v) is 13.6. The third-order valence-corrected chi connectivity index (χ3v) is 4.20. The predicted octanol–water partition coefficient (Wildman–Crippen LogP) is 3.74. The fourth-order valence-corrected chi connectivity index (χ4v) is 2.93.